The van der Waals surface area contributed by atoms with Crippen LogP contribution in [0.2, 0.25) is 0 Å². The Hall–Kier alpha value is -4.86. The number of hydrogen-bond acceptors (Lipinski definition) is 9. The number of aromatic nitrogens is 1. The molecule has 2 N–H and O–H groups in total. The van der Waals surface area contributed by atoms with Crippen molar-refractivity contribution < 1.29 is 41.8 Å². The molecule has 1 aromatic carbocycles. The molecule has 0 unspecified atom stereocenters. The number of ether oxygens (including phenoxy) is 2. The maximum Gasteiger partial charge on any atom is 0.425 e. The van der Waals surface area contributed by atoms with E-state index >= 15 is 0 Å². The highest BCUT2D eigenvalue weighted by Gasteiger charge is 2.55. The summed E-state index contributed by atoms with van der Waals surface area (Å²) in [5.41, 5.74) is 0.653. The fraction of sp³-hybridized carbons (Fsp3) is 0.472. The normalized spacial score (nSPS) is 19.2. The van der Waals surface area contributed by atoms with Gasteiger partial charge in [-0.05, 0) is 50.5 Å². The molecule has 5 rings (SSSR count). The number of likely N-dealkylation sites (tertiary alicyclic amines) is 1. The lowest BCUT2D eigenvalue weighted by atomic mass is 9.79. The first-order valence-corrected chi connectivity index (χ1v) is 18.2. The van der Waals surface area contributed by atoms with Crippen molar-refractivity contribution in [1.82, 2.24) is 20.1 Å². The van der Waals surface area contributed by atoms with Gasteiger partial charge >= 0.3 is 18.2 Å². The molecule has 0 spiro atoms. The number of nitrogens with one attached hydrogen (secondary N) is 2. The van der Waals surface area contributed by atoms with E-state index in [4.69, 9.17) is 9.47 Å². The summed E-state index contributed by atoms with van der Waals surface area (Å²) >= 11 is 0.494. The summed E-state index contributed by atoms with van der Waals surface area (Å²) in [7, 11) is 0. The molecule has 2 atom stereocenters. The van der Waals surface area contributed by atoms with Gasteiger partial charge in [0.05, 0.1) is 29.6 Å². The van der Waals surface area contributed by atoms with Crippen LogP contribution in [0.5, 0.6) is 5.75 Å². The minimum absolute atomic E-state index is 0.0708. The van der Waals surface area contributed by atoms with Gasteiger partial charge in [0, 0.05) is 63.0 Å². The number of carbonyl (C=O) groups is 4. The molecule has 2 aliphatic rings. The molecular weight excluding hydrogens is 701 g/mol. The minimum atomic E-state index is -4.58. The predicted octanol–water partition coefficient (Wildman–Crippen LogP) is 5.73. The van der Waals surface area contributed by atoms with Gasteiger partial charge in [0.25, 0.3) is 11.8 Å². The quantitative estimate of drug-likeness (QED) is 0.238. The van der Waals surface area contributed by atoms with Crippen LogP contribution in [0.4, 0.5) is 29.3 Å². The van der Waals surface area contributed by atoms with E-state index in [0.29, 0.717) is 72.7 Å². The lowest BCUT2D eigenvalue weighted by Crippen LogP contribution is -2.69. The first-order valence-electron chi connectivity index (χ1n) is 17.3. The molecule has 4 amide bonds. The predicted molar refractivity (Wildman–Crippen MR) is 190 cm³/mol. The van der Waals surface area contributed by atoms with Crippen molar-refractivity contribution in [2.75, 3.05) is 56.1 Å². The van der Waals surface area contributed by atoms with Crippen molar-refractivity contribution in [3.05, 3.63) is 70.2 Å². The molecule has 2 saturated heterocycles. The van der Waals surface area contributed by atoms with Crippen molar-refractivity contribution in [1.29, 1.82) is 0 Å². The molecule has 0 bridgehead atoms. The van der Waals surface area contributed by atoms with E-state index in [2.05, 4.69) is 15.6 Å². The first kappa shape index (κ1) is 38.4. The van der Waals surface area contributed by atoms with Crippen molar-refractivity contribution in [2.24, 2.45) is 0 Å². The SMILES string of the molecule is CCC[C@H]1N(C(=O)c2cnccc2C)CCC[C@@]1(Oc1csc(C(F)(F)F)c1)C(=O)N1CCN(c2ccccc2NC(=O)NCC(=O)OCC)CC1. The van der Waals surface area contributed by atoms with Gasteiger partial charge in [-0.3, -0.25) is 19.4 Å². The van der Waals surface area contributed by atoms with Crippen LogP contribution >= 0.6 is 11.3 Å². The van der Waals surface area contributed by atoms with Crippen LogP contribution in [0.25, 0.3) is 0 Å². The van der Waals surface area contributed by atoms with Crippen molar-refractivity contribution in [3.63, 3.8) is 0 Å². The Balaban J connectivity index is 1.40. The van der Waals surface area contributed by atoms with Gasteiger partial charge in [0.2, 0.25) is 5.60 Å². The van der Waals surface area contributed by atoms with Crippen LogP contribution in [0.3, 0.4) is 0 Å². The molecule has 280 valence electrons. The fourth-order valence-electron chi connectivity index (χ4n) is 6.78. The van der Waals surface area contributed by atoms with Crippen molar-refractivity contribution in [3.8, 4) is 5.75 Å². The third-order valence-corrected chi connectivity index (χ3v) is 10.2. The molecule has 12 nitrogen and oxygen atoms in total. The van der Waals surface area contributed by atoms with E-state index < -0.39 is 40.6 Å². The van der Waals surface area contributed by atoms with Crippen LogP contribution in [0, 0.1) is 6.92 Å². The van der Waals surface area contributed by atoms with Gasteiger partial charge in [-0.1, -0.05) is 25.5 Å². The Kier molecular flexibility index (Phi) is 12.3. The third kappa shape index (κ3) is 8.60. The highest BCUT2D eigenvalue weighted by molar-refractivity contribution is 7.10. The molecule has 2 aliphatic heterocycles. The maximum atomic E-state index is 14.9. The second kappa shape index (κ2) is 16.7. The molecule has 4 heterocycles. The van der Waals surface area contributed by atoms with E-state index in [1.807, 2.05) is 24.0 Å². The largest absolute Gasteiger partial charge is 0.474 e. The zero-order valence-electron chi connectivity index (χ0n) is 29.3. The number of pyridine rings is 1. The Labute approximate surface area is 304 Å². The summed E-state index contributed by atoms with van der Waals surface area (Å²) in [6.45, 7) is 6.89. The Morgan fingerprint density at radius 2 is 1.81 bits per heavy atom. The number of para-hydroxylation sites is 2. The molecule has 52 heavy (non-hydrogen) atoms. The number of amides is 4. The summed E-state index contributed by atoms with van der Waals surface area (Å²) in [6, 6.07) is 8.43. The number of rotatable bonds is 11. The van der Waals surface area contributed by atoms with E-state index in [1.54, 1.807) is 48.0 Å². The number of benzene rings is 1. The number of nitrogens with zero attached hydrogens (tertiary/aromatic N) is 4. The Bertz CT molecular complexity index is 1750. The highest BCUT2D eigenvalue weighted by atomic mass is 32.1. The van der Waals surface area contributed by atoms with Crippen LogP contribution in [0.15, 0.2) is 54.2 Å². The highest BCUT2D eigenvalue weighted by Crippen LogP contribution is 2.42. The van der Waals surface area contributed by atoms with Gasteiger partial charge in [0.15, 0.2) is 0 Å². The van der Waals surface area contributed by atoms with Crippen LogP contribution in [-0.2, 0) is 20.5 Å². The molecule has 0 saturated carbocycles. The number of piperazine rings is 1. The molecule has 2 aromatic heterocycles. The number of aryl methyl sites for hydroxylation is 1. The summed E-state index contributed by atoms with van der Waals surface area (Å²) in [6.07, 6.45) is 0.0614. The number of alkyl halides is 3. The van der Waals surface area contributed by atoms with Gasteiger partial charge < -0.3 is 34.8 Å². The van der Waals surface area contributed by atoms with E-state index in [0.717, 1.165) is 6.07 Å². The van der Waals surface area contributed by atoms with Gasteiger partial charge in [0.1, 0.15) is 17.2 Å². The average Bonchev–Trinajstić information content (AvgIpc) is 3.61. The molecule has 0 radical (unpaired) electrons. The molecule has 0 aliphatic carbocycles. The lowest BCUT2D eigenvalue weighted by molar-refractivity contribution is -0.159. The summed E-state index contributed by atoms with van der Waals surface area (Å²) in [4.78, 5) is 61.8. The Morgan fingerprint density at radius 3 is 2.48 bits per heavy atom. The van der Waals surface area contributed by atoms with E-state index in [1.165, 1.54) is 11.6 Å². The van der Waals surface area contributed by atoms with E-state index in [-0.39, 0.29) is 44.3 Å². The number of piperidine rings is 1. The third-order valence-electron chi connectivity index (χ3n) is 9.23. The summed E-state index contributed by atoms with van der Waals surface area (Å²) in [5.74, 6) is -1.34. The molecular formula is C36H43F3N6O6S. The number of halogens is 3. The fourth-order valence-corrected chi connectivity index (χ4v) is 7.46. The number of esters is 1. The van der Waals surface area contributed by atoms with Gasteiger partial charge in [-0.15, -0.1) is 11.3 Å². The zero-order valence-corrected chi connectivity index (χ0v) is 30.1. The summed E-state index contributed by atoms with van der Waals surface area (Å²) in [5, 5.41) is 6.50. The summed E-state index contributed by atoms with van der Waals surface area (Å²) < 4.78 is 52.3. The number of urea groups is 1. The second-order valence-corrected chi connectivity index (χ2v) is 13.6. The topological polar surface area (TPSA) is 133 Å². The number of hydrogen-bond donors (Lipinski definition) is 2. The molecule has 3 aromatic rings. The Morgan fingerprint density at radius 1 is 1.06 bits per heavy atom. The number of thiophene rings is 1. The monoisotopic (exact) mass is 744 g/mol. The van der Waals surface area contributed by atoms with E-state index in [9.17, 15) is 32.3 Å². The smallest absolute Gasteiger partial charge is 0.425 e. The average molecular weight is 745 g/mol. The minimum Gasteiger partial charge on any atom is -0.474 e. The second-order valence-electron chi connectivity index (χ2n) is 12.6. The van der Waals surface area contributed by atoms with Gasteiger partial charge in [-0.25, -0.2) is 4.79 Å². The van der Waals surface area contributed by atoms with Crippen molar-refractivity contribution >= 4 is 46.5 Å². The van der Waals surface area contributed by atoms with Crippen molar-refractivity contribution in [2.45, 2.75) is 64.3 Å². The van der Waals surface area contributed by atoms with Crippen LogP contribution < -0.4 is 20.3 Å². The van der Waals surface area contributed by atoms with Gasteiger partial charge in [-0.2, -0.15) is 13.2 Å². The van der Waals surface area contributed by atoms with Crippen LogP contribution in [-0.4, -0.2) is 96.1 Å². The van der Waals surface area contributed by atoms with Crippen LogP contribution in [0.1, 0.15) is 60.3 Å². The molecule has 16 heteroatoms. The number of anilines is 2. The first-order chi connectivity index (χ1) is 24.9. The standard InChI is InChI=1S/C36H43F3N6O6S/c1-4-9-29-35(51-25-20-30(52-23-25)36(37,38)39,13-8-15-45(29)32(47)26-21-40-14-12-24(26)3)33(48)44-18-16-43(17-19-44)28-11-7-6-10-27(28)42-34(49)41-22-31(46)50-5-2/h6-7,10-12,14,20-21,23,29H,4-5,8-9,13,15-19,22H2,1-3H3,(H2,41,42,49)/t29-,35+/m1/s1. The zero-order chi connectivity index (χ0) is 37.5. The maximum absolute atomic E-state index is 14.9. The number of carbonyl (C=O) groups excluding carboxylic acids is 4. The molecule has 2 fully saturated rings. The lowest BCUT2D eigenvalue weighted by Gasteiger charge is -2.50.